The molecule has 2 aromatic rings. The fourth-order valence-corrected chi connectivity index (χ4v) is 2.36. The first-order valence-electron chi connectivity index (χ1n) is 5.45. The van der Waals surface area contributed by atoms with Crippen LogP contribution in [-0.2, 0) is 5.75 Å². The molecule has 17 heavy (non-hydrogen) atoms. The number of benzene rings is 1. The molecule has 0 saturated carbocycles. The molecule has 0 fully saturated rings. The maximum absolute atomic E-state index is 11.3. The molecule has 4 heteroatoms. The molecular weight excluding hydrogens is 236 g/mol. The summed E-state index contributed by atoms with van der Waals surface area (Å²) in [7, 11) is 0. The predicted molar refractivity (Wildman–Crippen MR) is 69.6 cm³/mol. The van der Waals surface area contributed by atoms with Crippen molar-refractivity contribution in [2.75, 3.05) is 0 Å². The van der Waals surface area contributed by atoms with E-state index in [4.69, 9.17) is 4.42 Å². The Bertz CT molecular complexity index is 543. The number of carbonyl (C=O) groups is 1. The topological polar surface area (TPSA) is 50.4 Å². The van der Waals surface area contributed by atoms with Crippen molar-refractivity contribution < 1.29 is 14.3 Å². The van der Waals surface area contributed by atoms with Crippen LogP contribution in [0.25, 0.3) is 11.0 Å². The van der Waals surface area contributed by atoms with Crippen molar-refractivity contribution in [3.63, 3.8) is 0 Å². The summed E-state index contributed by atoms with van der Waals surface area (Å²) in [6, 6.07) is 7.25. The van der Waals surface area contributed by atoms with Gasteiger partial charge < -0.3 is 9.52 Å². The molecule has 3 nitrogen and oxygen atoms in total. The van der Waals surface area contributed by atoms with Gasteiger partial charge in [0.05, 0.1) is 5.75 Å². The lowest BCUT2D eigenvalue weighted by Gasteiger charge is -2.02. The van der Waals surface area contributed by atoms with Gasteiger partial charge in [-0.1, -0.05) is 32.0 Å². The Balaban J connectivity index is 2.46. The maximum atomic E-state index is 11.3. The van der Waals surface area contributed by atoms with Gasteiger partial charge in [-0.2, -0.15) is 11.8 Å². The molecular formula is C13H14O3S. The molecule has 0 amide bonds. The molecule has 0 atom stereocenters. The van der Waals surface area contributed by atoms with Gasteiger partial charge in [0.25, 0.3) is 0 Å². The van der Waals surface area contributed by atoms with E-state index in [-0.39, 0.29) is 0 Å². The average Bonchev–Trinajstić information content (AvgIpc) is 2.64. The molecule has 1 aromatic carbocycles. The molecule has 90 valence electrons. The molecule has 0 aliphatic carbocycles. The summed E-state index contributed by atoms with van der Waals surface area (Å²) in [6.07, 6.45) is 0. The van der Waals surface area contributed by atoms with Crippen LogP contribution < -0.4 is 0 Å². The zero-order valence-corrected chi connectivity index (χ0v) is 10.6. The fraction of sp³-hybridized carbons (Fsp3) is 0.308. The van der Waals surface area contributed by atoms with Gasteiger partial charge in [-0.3, -0.25) is 0 Å². The highest BCUT2D eigenvalue weighted by molar-refractivity contribution is 7.99. The zero-order valence-electron chi connectivity index (χ0n) is 9.77. The Kier molecular flexibility index (Phi) is 3.43. The van der Waals surface area contributed by atoms with Crippen molar-refractivity contribution in [3.05, 3.63) is 35.6 Å². The van der Waals surface area contributed by atoms with Crippen molar-refractivity contribution in [2.24, 2.45) is 0 Å². The molecule has 1 heterocycles. The van der Waals surface area contributed by atoms with Crippen LogP contribution in [0.5, 0.6) is 0 Å². The molecule has 0 aliphatic rings. The highest BCUT2D eigenvalue weighted by Gasteiger charge is 2.19. The van der Waals surface area contributed by atoms with Gasteiger partial charge in [0.15, 0.2) is 0 Å². The van der Waals surface area contributed by atoms with Crippen molar-refractivity contribution >= 4 is 28.7 Å². The summed E-state index contributed by atoms with van der Waals surface area (Å²) < 4.78 is 5.61. The van der Waals surface area contributed by atoms with Gasteiger partial charge in [-0.15, -0.1) is 0 Å². The van der Waals surface area contributed by atoms with E-state index in [9.17, 15) is 9.90 Å². The van der Waals surface area contributed by atoms with Crippen LogP contribution in [0.3, 0.4) is 0 Å². The summed E-state index contributed by atoms with van der Waals surface area (Å²) in [5, 5.41) is 10.4. The minimum absolute atomic E-state index is 0.300. The Hall–Kier alpha value is -1.42. The molecule has 0 spiro atoms. The lowest BCUT2D eigenvalue weighted by Crippen LogP contribution is -1.99. The minimum atomic E-state index is -0.922. The number of aromatic carboxylic acids is 1. The molecule has 2 rings (SSSR count). The van der Waals surface area contributed by atoms with Crippen molar-refractivity contribution in [1.82, 2.24) is 0 Å². The summed E-state index contributed by atoms with van der Waals surface area (Å²) in [5.74, 6) is 0.222. The first-order chi connectivity index (χ1) is 8.09. The van der Waals surface area contributed by atoms with E-state index >= 15 is 0 Å². The molecule has 1 aromatic heterocycles. The van der Waals surface area contributed by atoms with E-state index in [0.29, 0.717) is 33.3 Å². The van der Waals surface area contributed by atoms with Crippen molar-refractivity contribution in [2.45, 2.75) is 24.9 Å². The highest BCUT2D eigenvalue weighted by Crippen LogP contribution is 2.29. The third-order valence-corrected chi connectivity index (χ3v) is 3.53. The number of thioether (sulfide) groups is 1. The van der Waals surface area contributed by atoms with Gasteiger partial charge >= 0.3 is 5.97 Å². The van der Waals surface area contributed by atoms with Crippen LogP contribution in [0.1, 0.15) is 30.0 Å². The smallest absolute Gasteiger partial charge is 0.339 e. The zero-order chi connectivity index (χ0) is 12.4. The Labute approximate surface area is 104 Å². The normalized spacial score (nSPS) is 11.2. The lowest BCUT2D eigenvalue weighted by molar-refractivity contribution is 0.0697. The Morgan fingerprint density at radius 1 is 1.41 bits per heavy atom. The number of hydrogen-bond donors (Lipinski definition) is 1. The van der Waals surface area contributed by atoms with Crippen LogP contribution >= 0.6 is 11.8 Å². The monoisotopic (exact) mass is 250 g/mol. The average molecular weight is 250 g/mol. The second kappa shape index (κ2) is 4.84. The van der Waals surface area contributed by atoms with Gasteiger partial charge in [0.2, 0.25) is 0 Å². The molecule has 0 aliphatic heterocycles. The maximum Gasteiger partial charge on any atom is 0.339 e. The van der Waals surface area contributed by atoms with Crippen LogP contribution in [0.15, 0.2) is 28.7 Å². The van der Waals surface area contributed by atoms with Gasteiger partial charge in [-0.25, -0.2) is 4.79 Å². The largest absolute Gasteiger partial charge is 0.478 e. The van der Waals surface area contributed by atoms with Gasteiger partial charge in [0, 0.05) is 5.39 Å². The first-order valence-corrected chi connectivity index (χ1v) is 6.49. The number of rotatable bonds is 4. The number of hydrogen-bond acceptors (Lipinski definition) is 3. The first kappa shape index (κ1) is 12.0. The van der Waals surface area contributed by atoms with Gasteiger partial charge in [0.1, 0.15) is 16.9 Å². The molecule has 0 unspecified atom stereocenters. The van der Waals surface area contributed by atoms with E-state index in [0.717, 1.165) is 0 Å². The Morgan fingerprint density at radius 2 is 2.12 bits per heavy atom. The lowest BCUT2D eigenvalue weighted by atomic mass is 10.1. The second-order valence-corrected chi connectivity index (χ2v) is 5.63. The van der Waals surface area contributed by atoms with E-state index in [1.165, 1.54) is 0 Å². The summed E-state index contributed by atoms with van der Waals surface area (Å²) in [5.41, 5.74) is 0.943. The number of carboxylic acids is 1. The number of fused-ring (bicyclic) bond motifs is 1. The van der Waals surface area contributed by atoms with E-state index in [1.54, 1.807) is 23.9 Å². The SMILES string of the molecule is CC(C)SCc1oc2ccccc2c1C(=O)O. The van der Waals surface area contributed by atoms with Crippen LogP contribution in [-0.4, -0.2) is 16.3 Å². The van der Waals surface area contributed by atoms with E-state index < -0.39 is 5.97 Å². The standard InChI is InChI=1S/C13H14O3S/c1-8(2)17-7-11-12(13(14)15)9-5-3-4-6-10(9)16-11/h3-6,8H,7H2,1-2H3,(H,14,15). The predicted octanol–water partition coefficient (Wildman–Crippen LogP) is 3.77. The van der Waals surface area contributed by atoms with Crippen LogP contribution in [0.4, 0.5) is 0 Å². The third-order valence-electron chi connectivity index (χ3n) is 2.43. The molecule has 0 saturated heterocycles. The number of para-hydroxylation sites is 1. The molecule has 1 N–H and O–H groups in total. The summed E-state index contributed by atoms with van der Waals surface area (Å²) >= 11 is 1.67. The van der Waals surface area contributed by atoms with Crippen molar-refractivity contribution in [1.29, 1.82) is 0 Å². The minimum Gasteiger partial charge on any atom is -0.478 e. The van der Waals surface area contributed by atoms with Crippen molar-refractivity contribution in [3.8, 4) is 0 Å². The summed E-state index contributed by atoms with van der Waals surface area (Å²) in [4.78, 5) is 11.3. The van der Waals surface area contributed by atoms with E-state index in [2.05, 4.69) is 13.8 Å². The third kappa shape index (κ3) is 2.47. The molecule has 0 bridgehead atoms. The Morgan fingerprint density at radius 3 is 2.76 bits per heavy atom. The molecule has 0 radical (unpaired) electrons. The highest BCUT2D eigenvalue weighted by atomic mass is 32.2. The van der Waals surface area contributed by atoms with Gasteiger partial charge in [-0.05, 0) is 11.3 Å². The second-order valence-electron chi connectivity index (χ2n) is 4.06. The van der Waals surface area contributed by atoms with E-state index in [1.807, 2.05) is 12.1 Å². The van der Waals surface area contributed by atoms with Crippen LogP contribution in [0, 0.1) is 0 Å². The quantitative estimate of drug-likeness (QED) is 0.897. The van der Waals surface area contributed by atoms with Crippen LogP contribution in [0.2, 0.25) is 0 Å². The number of carboxylic acid groups (broad SMARTS) is 1. The number of furan rings is 1. The summed E-state index contributed by atoms with van der Waals surface area (Å²) in [6.45, 7) is 4.15. The fourth-order valence-electron chi connectivity index (χ4n) is 1.67.